The van der Waals surface area contributed by atoms with E-state index in [0.29, 0.717) is 18.0 Å². The number of benzene rings is 1. The lowest BCUT2D eigenvalue weighted by molar-refractivity contribution is 0.0623. The summed E-state index contributed by atoms with van der Waals surface area (Å²) in [7, 11) is 0. The first kappa shape index (κ1) is 21.0. The third kappa shape index (κ3) is 3.86. The van der Waals surface area contributed by atoms with Crippen LogP contribution in [0.25, 0.3) is 28.2 Å². The molecule has 2 aliphatic rings. The van der Waals surface area contributed by atoms with Crippen molar-refractivity contribution in [2.75, 3.05) is 13.1 Å². The Kier molecular flexibility index (Phi) is 5.34. The maximum atomic E-state index is 13.6. The van der Waals surface area contributed by atoms with Crippen molar-refractivity contribution in [2.24, 2.45) is 5.73 Å². The van der Waals surface area contributed by atoms with Gasteiger partial charge in [-0.25, -0.2) is 9.50 Å². The van der Waals surface area contributed by atoms with Gasteiger partial charge in [-0.05, 0) is 50.3 Å². The highest BCUT2D eigenvalue weighted by molar-refractivity contribution is 5.96. The fourth-order valence-corrected chi connectivity index (χ4v) is 4.90. The second-order valence-corrected chi connectivity index (χ2v) is 9.33. The van der Waals surface area contributed by atoms with Gasteiger partial charge in [-0.2, -0.15) is 5.10 Å². The Bertz CT molecular complexity index is 1340. The van der Waals surface area contributed by atoms with E-state index in [0.717, 1.165) is 72.5 Å². The number of carbonyl (C=O) groups excluding carboxylic acids is 1. The summed E-state index contributed by atoms with van der Waals surface area (Å²) in [5, 5.41) is 4.51. The van der Waals surface area contributed by atoms with E-state index in [-0.39, 0.29) is 11.9 Å². The van der Waals surface area contributed by atoms with Crippen LogP contribution in [-0.2, 0) is 0 Å². The maximum Gasteiger partial charge on any atom is 0.254 e. The van der Waals surface area contributed by atoms with Crippen molar-refractivity contribution in [3.63, 3.8) is 0 Å². The van der Waals surface area contributed by atoms with E-state index in [2.05, 4.69) is 5.10 Å². The van der Waals surface area contributed by atoms with Gasteiger partial charge in [0.2, 0.25) is 0 Å². The van der Waals surface area contributed by atoms with Gasteiger partial charge in [0.25, 0.3) is 5.91 Å². The van der Waals surface area contributed by atoms with E-state index in [1.54, 1.807) is 10.7 Å². The summed E-state index contributed by atoms with van der Waals surface area (Å²) in [5.41, 5.74) is 11.9. The number of fused-ring (bicyclic) bond motifs is 1. The van der Waals surface area contributed by atoms with E-state index in [1.165, 1.54) is 0 Å². The average Bonchev–Trinajstić information content (AvgIpc) is 3.67. The Balaban J connectivity index is 1.43. The highest BCUT2D eigenvalue weighted by atomic mass is 16.2. The van der Waals surface area contributed by atoms with Crippen LogP contribution in [0.3, 0.4) is 0 Å². The van der Waals surface area contributed by atoms with Gasteiger partial charge >= 0.3 is 0 Å². The molecule has 4 heterocycles. The van der Waals surface area contributed by atoms with Crippen LogP contribution in [0.1, 0.15) is 54.1 Å². The summed E-state index contributed by atoms with van der Waals surface area (Å²) in [6.45, 7) is 1.26. The van der Waals surface area contributed by atoms with Crippen LogP contribution < -0.4 is 5.73 Å². The molecule has 7 heteroatoms. The minimum absolute atomic E-state index is 0.0510. The minimum atomic E-state index is 0.0510. The molecule has 4 aromatic rings. The molecule has 1 atom stereocenters. The van der Waals surface area contributed by atoms with Gasteiger partial charge in [-0.3, -0.25) is 9.78 Å². The molecule has 0 unspecified atom stereocenters. The zero-order valence-corrected chi connectivity index (χ0v) is 19.1. The van der Waals surface area contributed by atoms with Gasteiger partial charge in [-0.1, -0.05) is 30.3 Å². The number of nitrogens with zero attached hydrogens (tertiary/aromatic N) is 5. The van der Waals surface area contributed by atoms with Gasteiger partial charge in [0.1, 0.15) is 0 Å². The standard InChI is InChI=1S/C27H28N6O/c28-16-21-8-4-5-12-32(21)27(34)20-14-24(19-9-10-19)30-25(15-20)22-17-29-33-13-11-23(31-26(22)33)18-6-2-1-3-7-18/h1-3,6-7,11,13-15,17,19,21H,4-5,8-10,12,16,28H2/t21-/m1/s1. The van der Waals surface area contributed by atoms with Gasteiger partial charge in [0.05, 0.1) is 23.1 Å². The molecule has 1 amide bonds. The predicted molar refractivity (Wildman–Crippen MR) is 131 cm³/mol. The fourth-order valence-electron chi connectivity index (χ4n) is 4.90. The molecule has 1 saturated heterocycles. The van der Waals surface area contributed by atoms with E-state index in [1.807, 2.05) is 59.6 Å². The molecule has 2 N–H and O–H groups in total. The number of nitrogens with two attached hydrogens (primary N) is 1. The number of rotatable bonds is 5. The zero-order valence-electron chi connectivity index (χ0n) is 19.1. The van der Waals surface area contributed by atoms with Gasteiger partial charge in [0.15, 0.2) is 5.65 Å². The Morgan fingerprint density at radius 1 is 1.00 bits per heavy atom. The zero-order chi connectivity index (χ0) is 23.1. The van der Waals surface area contributed by atoms with Crippen molar-refractivity contribution >= 4 is 11.6 Å². The molecule has 3 aromatic heterocycles. The lowest BCUT2D eigenvalue weighted by atomic mass is 10.00. The molecular weight excluding hydrogens is 424 g/mol. The van der Waals surface area contributed by atoms with Crippen LogP contribution in [0.2, 0.25) is 0 Å². The van der Waals surface area contributed by atoms with Crippen molar-refractivity contribution in [1.29, 1.82) is 0 Å². The first-order valence-electron chi connectivity index (χ1n) is 12.1. The molecule has 1 aromatic carbocycles. The monoisotopic (exact) mass is 452 g/mol. The third-order valence-corrected chi connectivity index (χ3v) is 6.96. The molecule has 1 saturated carbocycles. The van der Waals surface area contributed by atoms with Crippen molar-refractivity contribution < 1.29 is 4.79 Å². The summed E-state index contributed by atoms with van der Waals surface area (Å²) in [4.78, 5) is 25.4. The van der Waals surface area contributed by atoms with Crippen molar-refractivity contribution in [1.82, 2.24) is 24.5 Å². The second kappa shape index (κ2) is 8.65. The van der Waals surface area contributed by atoms with Gasteiger partial charge in [0, 0.05) is 48.1 Å². The quantitative estimate of drug-likeness (QED) is 0.488. The smallest absolute Gasteiger partial charge is 0.254 e. The van der Waals surface area contributed by atoms with E-state index >= 15 is 0 Å². The van der Waals surface area contributed by atoms with Crippen LogP contribution in [0.15, 0.2) is 60.9 Å². The van der Waals surface area contributed by atoms with Crippen LogP contribution in [0, 0.1) is 0 Å². The molecule has 0 radical (unpaired) electrons. The first-order valence-corrected chi connectivity index (χ1v) is 12.1. The van der Waals surface area contributed by atoms with Crippen LogP contribution >= 0.6 is 0 Å². The number of piperidine rings is 1. The molecule has 2 fully saturated rings. The Morgan fingerprint density at radius 3 is 2.65 bits per heavy atom. The number of aromatic nitrogens is 4. The van der Waals surface area contributed by atoms with Crippen LogP contribution in [0.5, 0.6) is 0 Å². The lowest BCUT2D eigenvalue weighted by Crippen LogP contribution is -2.47. The summed E-state index contributed by atoms with van der Waals surface area (Å²) >= 11 is 0. The van der Waals surface area contributed by atoms with Gasteiger partial charge < -0.3 is 10.6 Å². The number of hydrogen-bond acceptors (Lipinski definition) is 5. The van der Waals surface area contributed by atoms with Crippen molar-refractivity contribution in [3.8, 4) is 22.5 Å². The number of pyridine rings is 1. The molecule has 34 heavy (non-hydrogen) atoms. The number of hydrogen-bond donors (Lipinski definition) is 1. The highest BCUT2D eigenvalue weighted by Gasteiger charge is 2.30. The maximum absolute atomic E-state index is 13.6. The normalized spacial score (nSPS) is 18.4. The van der Waals surface area contributed by atoms with Crippen molar-refractivity contribution in [3.05, 3.63) is 72.2 Å². The molecule has 0 bridgehead atoms. The average molecular weight is 453 g/mol. The van der Waals surface area contributed by atoms with E-state index in [4.69, 9.17) is 15.7 Å². The van der Waals surface area contributed by atoms with Crippen LogP contribution in [-0.4, -0.2) is 49.5 Å². The summed E-state index contributed by atoms with van der Waals surface area (Å²) in [6, 6.07) is 16.1. The molecule has 172 valence electrons. The largest absolute Gasteiger partial charge is 0.334 e. The Morgan fingerprint density at radius 2 is 1.85 bits per heavy atom. The van der Waals surface area contributed by atoms with Gasteiger partial charge in [-0.15, -0.1) is 0 Å². The SMILES string of the molecule is NC[C@H]1CCCCN1C(=O)c1cc(-c2cnn3ccc(-c4ccccc4)nc23)nc(C2CC2)c1. The summed E-state index contributed by atoms with van der Waals surface area (Å²) < 4.78 is 1.77. The second-order valence-electron chi connectivity index (χ2n) is 9.33. The Hall–Kier alpha value is -3.58. The number of likely N-dealkylation sites (tertiary alicyclic amines) is 1. The molecule has 0 spiro atoms. The highest BCUT2D eigenvalue weighted by Crippen LogP contribution is 2.40. The summed E-state index contributed by atoms with van der Waals surface area (Å²) in [5.74, 6) is 0.475. The fraction of sp³-hybridized carbons (Fsp3) is 0.333. The molecular formula is C27H28N6O. The summed E-state index contributed by atoms with van der Waals surface area (Å²) in [6.07, 6.45) is 9.07. The molecule has 1 aliphatic heterocycles. The predicted octanol–water partition coefficient (Wildman–Crippen LogP) is 4.29. The van der Waals surface area contributed by atoms with E-state index < -0.39 is 0 Å². The molecule has 6 rings (SSSR count). The topological polar surface area (TPSA) is 89.4 Å². The number of carbonyl (C=O) groups is 1. The molecule has 7 nitrogen and oxygen atoms in total. The van der Waals surface area contributed by atoms with Crippen LogP contribution in [0.4, 0.5) is 0 Å². The third-order valence-electron chi connectivity index (χ3n) is 6.96. The minimum Gasteiger partial charge on any atom is -0.334 e. The van der Waals surface area contributed by atoms with E-state index in [9.17, 15) is 4.79 Å². The van der Waals surface area contributed by atoms with Crippen molar-refractivity contribution in [2.45, 2.75) is 44.1 Å². The lowest BCUT2D eigenvalue weighted by Gasteiger charge is -2.35. The first-order chi connectivity index (χ1) is 16.7. The number of amides is 1. The Labute approximate surface area is 198 Å². The molecule has 1 aliphatic carbocycles.